The number of carbonyl (C=O) groups is 1. The second-order valence-corrected chi connectivity index (χ2v) is 11.2. The molecule has 2 aliphatic rings. The van der Waals surface area contributed by atoms with Crippen molar-refractivity contribution in [2.45, 2.75) is 59.6 Å². The summed E-state index contributed by atoms with van der Waals surface area (Å²) in [5, 5.41) is 2.89. The summed E-state index contributed by atoms with van der Waals surface area (Å²) < 4.78 is 53.3. The maximum Gasteiger partial charge on any atom is 0.253 e. The number of hydrogen-bond donors (Lipinski definition) is 2. The molecule has 2 N–H and O–H groups in total. The Bertz CT molecular complexity index is 1630. The third-order valence-electron chi connectivity index (χ3n) is 8.28. The van der Waals surface area contributed by atoms with Gasteiger partial charge in [-0.05, 0) is 86.5 Å². The number of hydrogen-bond acceptors (Lipinski definition) is 6. The average Bonchev–Trinajstić information content (AvgIpc) is 3.02. The van der Waals surface area contributed by atoms with Crippen molar-refractivity contribution >= 4 is 11.6 Å². The van der Waals surface area contributed by atoms with Gasteiger partial charge in [0.2, 0.25) is 0 Å². The highest BCUT2D eigenvalue weighted by atomic mass is 16.5. The highest BCUT2D eigenvalue weighted by Crippen LogP contribution is 2.34. The van der Waals surface area contributed by atoms with Crippen molar-refractivity contribution < 1.29 is 21.1 Å². The Morgan fingerprint density at radius 1 is 1.05 bits per heavy atom. The first-order valence-corrected chi connectivity index (χ1v) is 14.6. The van der Waals surface area contributed by atoms with Crippen molar-refractivity contribution in [1.82, 2.24) is 15.2 Å². The van der Waals surface area contributed by atoms with Gasteiger partial charge >= 0.3 is 0 Å². The minimum absolute atomic E-state index is 0.00467. The molecule has 3 aromatic rings. The molecule has 0 unspecified atom stereocenters. The number of nitrogens with one attached hydrogen (secondary N) is 2. The van der Waals surface area contributed by atoms with Gasteiger partial charge in [0.15, 0.2) is 0 Å². The number of pyridine rings is 1. The van der Waals surface area contributed by atoms with Crippen molar-refractivity contribution in [3.8, 4) is 11.1 Å². The van der Waals surface area contributed by atoms with Crippen molar-refractivity contribution in [3.63, 3.8) is 0 Å². The summed E-state index contributed by atoms with van der Waals surface area (Å²) in [6.07, 6.45) is 0.874. The lowest BCUT2D eigenvalue weighted by molar-refractivity contribution is 0.0342. The fourth-order valence-electron chi connectivity index (χ4n) is 5.83. The summed E-state index contributed by atoms with van der Waals surface area (Å²) in [5.74, 6) is -0.449. The van der Waals surface area contributed by atoms with Crippen LogP contribution in [0, 0.1) is 20.8 Å². The van der Waals surface area contributed by atoms with Gasteiger partial charge in [0.25, 0.3) is 11.5 Å². The Kier molecular flexibility index (Phi) is 7.82. The molecular weight excluding hydrogens is 528 g/mol. The second-order valence-electron chi connectivity index (χ2n) is 11.2. The maximum absolute atomic E-state index is 13.9. The summed E-state index contributed by atoms with van der Waals surface area (Å²) in [6, 6.07) is 12.9. The molecule has 2 fully saturated rings. The van der Waals surface area contributed by atoms with Gasteiger partial charge in [-0.1, -0.05) is 24.3 Å². The molecular formula is C34H44N4O4. The van der Waals surface area contributed by atoms with Crippen LogP contribution in [0.1, 0.15) is 64.9 Å². The number of anilines is 1. The second kappa shape index (κ2) is 13.7. The third-order valence-corrected chi connectivity index (χ3v) is 8.28. The largest absolute Gasteiger partial charge is 0.381 e. The van der Waals surface area contributed by atoms with Crippen LogP contribution in [0.4, 0.5) is 5.69 Å². The van der Waals surface area contributed by atoms with Crippen LogP contribution in [0.25, 0.3) is 11.1 Å². The van der Waals surface area contributed by atoms with E-state index >= 15 is 0 Å². The highest BCUT2D eigenvalue weighted by Gasteiger charge is 2.25. The number of H-pyrrole nitrogens is 1. The van der Waals surface area contributed by atoms with Gasteiger partial charge in [-0.3, -0.25) is 14.5 Å². The van der Waals surface area contributed by atoms with E-state index in [1.807, 2.05) is 37.3 Å². The molecule has 0 atom stereocenters. The number of aromatic amines is 1. The number of ether oxygens (including phenoxy) is 2. The summed E-state index contributed by atoms with van der Waals surface area (Å²) in [6.45, 7) is 4.29. The molecule has 2 aromatic carbocycles. The Balaban J connectivity index is 1.57. The number of aromatic nitrogens is 1. The predicted molar refractivity (Wildman–Crippen MR) is 167 cm³/mol. The average molecular weight is 578 g/mol. The fraction of sp³-hybridized carbons (Fsp3) is 0.471. The van der Waals surface area contributed by atoms with E-state index < -0.39 is 25.3 Å². The van der Waals surface area contributed by atoms with E-state index in [2.05, 4.69) is 15.2 Å². The van der Waals surface area contributed by atoms with Crippen LogP contribution >= 0.6 is 0 Å². The van der Waals surface area contributed by atoms with E-state index in [-0.39, 0.29) is 17.7 Å². The molecule has 8 heteroatoms. The minimum atomic E-state index is -2.97. The number of nitrogens with zero attached hydrogens (tertiary/aromatic N) is 2. The van der Waals surface area contributed by atoms with Crippen LogP contribution in [0.3, 0.4) is 0 Å². The zero-order valence-electron chi connectivity index (χ0n) is 29.7. The number of rotatable bonds is 9. The van der Waals surface area contributed by atoms with E-state index in [1.54, 1.807) is 26.0 Å². The van der Waals surface area contributed by atoms with Gasteiger partial charge in [-0.25, -0.2) is 0 Å². The molecule has 0 bridgehead atoms. The molecule has 0 spiro atoms. The molecule has 3 heterocycles. The SMILES string of the molecule is [2H]C([2H])([2H])C([2H])([2H])N(c1cc(-c2ccc(CN3CCOCC3)cc2)cc(C(=O)NCc2c(C)cc(C)[nH]c2=O)c1C)C1CCOCC1. The van der Waals surface area contributed by atoms with E-state index in [0.29, 0.717) is 61.6 Å². The Labute approximate surface area is 256 Å². The molecule has 0 saturated carbocycles. The van der Waals surface area contributed by atoms with Gasteiger partial charge in [0, 0.05) is 81.3 Å². The van der Waals surface area contributed by atoms with Gasteiger partial charge in [-0.2, -0.15) is 0 Å². The Morgan fingerprint density at radius 3 is 2.45 bits per heavy atom. The molecule has 1 aromatic heterocycles. The van der Waals surface area contributed by atoms with E-state index in [4.69, 9.17) is 16.3 Å². The normalized spacial score (nSPS) is 18.8. The number of morpholine rings is 1. The molecule has 0 aliphatic carbocycles. The first-order valence-electron chi connectivity index (χ1n) is 17.1. The van der Waals surface area contributed by atoms with E-state index in [0.717, 1.165) is 42.0 Å². The van der Waals surface area contributed by atoms with Crippen molar-refractivity contribution in [3.05, 3.63) is 86.3 Å². The zero-order chi connectivity index (χ0) is 33.9. The number of amides is 1. The number of aryl methyl sites for hydroxylation is 2. The van der Waals surface area contributed by atoms with Crippen LogP contribution in [0.5, 0.6) is 0 Å². The fourth-order valence-corrected chi connectivity index (χ4v) is 5.83. The van der Waals surface area contributed by atoms with Gasteiger partial charge in [-0.15, -0.1) is 0 Å². The van der Waals surface area contributed by atoms with Crippen LogP contribution in [0.15, 0.2) is 47.3 Å². The number of carbonyl (C=O) groups excluding carboxylic acids is 1. The first kappa shape index (κ1) is 24.0. The summed E-state index contributed by atoms with van der Waals surface area (Å²) >= 11 is 0. The lowest BCUT2D eigenvalue weighted by atomic mass is 9.94. The van der Waals surface area contributed by atoms with Crippen molar-refractivity contribution in [2.75, 3.05) is 50.9 Å². The summed E-state index contributed by atoms with van der Waals surface area (Å²) in [4.78, 5) is 33.0. The monoisotopic (exact) mass is 577 g/mol. The molecule has 1 amide bonds. The van der Waals surface area contributed by atoms with Gasteiger partial charge in [0.1, 0.15) is 0 Å². The highest BCUT2D eigenvalue weighted by molar-refractivity contribution is 5.99. The first-order chi connectivity index (χ1) is 22.3. The van der Waals surface area contributed by atoms with E-state index in [9.17, 15) is 9.59 Å². The van der Waals surface area contributed by atoms with E-state index in [1.165, 1.54) is 4.90 Å². The molecule has 2 aliphatic heterocycles. The van der Waals surface area contributed by atoms with Crippen LogP contribution < -0.4 is 15.8 Å². The lowest BCUT2D eigenvalue weighted by Crippen LogP contribution is -2.40. The minimum Gasteiger partial charge on any atom is -0.381 e. The standard InChI is InChI=1S/C34H44N4O4/c1-5-38(29-10-14-41-15-11-29)32-20-28(27-8-6-26(7-9-27)22-37-12-16-42-17-13-37)19-30(25(32)4)33(39)35-21-31-23(2)18-24(3)36-34(31)40/h6-9,18-20,29H,5,10-17,21-22H2,1-4H3,(H,35,39)(H,36,40)/i1D3,5D2. The van der Waals surface area contributed by atoms with Crippen molar-refractivity contribution in [2.24, 2.45) is 0 Å². The maximum atomic E-state index is 13.9. The van der Waals surface area contributed by atoms with Gasteiger partial charge < -0.3 is 24.7 Å². The molecule has 8 nitrogen and oxygen atoms in total. The lowest BCUT2D eigenvalue weighted by Gasteiger charge is -2.37. The molecule has 2 saturated heterocycles. The van der Waals surface area contributed by atoms with Crippen LogP contribution in [0.2, 0.25) is 0 Å². The van der Waals surface area contributed by atoms with Crippen LogP contribution in [-0.4, -0.2) is 67.8 Å². The summed E-state index contributed by atoms with van der Waals surface area (Å²) in [5.41, 5.74) is 5.28. The molecule has 0 radical (unpaired) electrons. The van der Waals surface area contributed by atoms with Crippen molar-refractivity contribution in [1.29, 1.82) is 0 Å². The Morgan fingerprint density at radius 2 is 1.76 bits per heavy atom. The predicted octanol–water partition coefficient (Wildman–Crippen LogP) is 4.73. The van der Waals surface area contributed by atoms with Crippen LogP contribution in [-0.2, 0) is 22.6 Å². The molecule has 42 heavy (non-hydrogen) atoms. The Hall–Kier alpha value is -3.46. The quantitative estimate of drug-likeness (QED) is 0.382. The smallest absolute Gasteiger partial charge is 0.253 e. The molecule has 5 rings (SSSR count). The topological polar surface area (TPSA) is 86.9 Å². The summed E-state index contributed by atoms with van der Waals surface area (Å²) in [7, 11) is 0. The molecule has 224 valence electrons. The zero-order valence-corrected chi connectivity index (χ0v) is 24.7. The van der Waals surface area contributed by atoms with Gasteiger partial charge in [0.05, 0.1) is 13.2 Å². The number of benzene rings is 2. The third kappa shape index (κ3) is 6.94.